The Balaban J connectivity index is 1.50. The molecule has 2 aliphatic rings. The molecule has 2 fully saturated rings. The maximum absolute atomic E-state index is 6.14. The number of aromatic nitrogens is 1. The van der Waals surface area contributed by atoms with Crippen LogP contribution in [-0.4, -0.2) is 28.0 Å². The highest BCUT2D eigenvalue weighted by atomic mass is 32.1. The van der Waals surface area contributed by atoms with Crippen LogP contribution in [0.1, 0.15) is 31.4 Å². The van der Waals surface area contributed by atoms with Crippen molar-refractivity contribution in [2.45, 2.75) is 50.4 Å². The van der Waals surface area contributed by atoms with Crippen molar-refractivity contribution in [2.75, 3.05) is 0 Å². The van der Waals surface area contributed by atoms with E-state index < -0.39 is 0 Å². The van der Waals surface area contributed by atoms with Gasteiger partial charge in [-0.3, -0.25) is 4.90 Å². The van der Waals surface area contributed by atoms with Gasteiger partial charge in [0.1, 0.15) is 5.01 Å². The van der Waals surface area contributed by atoms with Crippen molar-refractivity contribution in [1.29, 1.82) is 0 Å². The minimum absolute atomic E-state index is 0.417. The van der Waals surface area contributed by atoms with Gasteiger partial charge < -0.3 is 5.73 Å². The highest BCUT2D eigenvalue weighted by Crippen LogP contribution is 2.36. The predicted octanol–water partition coefficient (Wildman–Crippen LogP) is 3.33. The number of piperidine rings is 1. The van der Waals surface area contributed by atoms with Gasteiger partial charge in [-0.15, -0.1) is 11.3 Å². The minimum atomic E-state index is 0.417. The van der Waals surface area contributed by atoms with E-state index in [2.05, 4.69) is 27.1 Å². The molecular formula is C15H19N3S2. The molecule has 2 aromatic heterocycles. The Bertz CT molecular complexity index is 564. The molecule has 106 valence electrons. The van der Waals surface area contributed by atoms with Crippen LogP contribution in [0.15, 0.2) is 22.2 Å². The molecule has 2 atom stereocenters. The fraction of sp³-hybridized carbons (Fsp3) is 0.533. The second-order valence-corrected chi connectivity index (χ2v) is 7.58. The highest BCUT2D eigenvalue weighted by Gasteiger charge is 2.39. The molecule has 2 aromatic rings. The monoisotopic (exact) mass is 305 g/mol. The molecule has 3 nitrogen and oxygen atoms in total. The van der Waals surface area contributed by atoms with Crippen LogP contribution in [0.25, 0.3) is 10.6 Å². The summed E-state index contributed by atoms with van der Waals surface area (Å²) in [6.07, 6.45) is 4.97. The Morgan fingerprint density at radius 1 is 1.25 bits per heavy atom. The summed E-state index contributed by atoms with van der Waals surface area (Å²) in [5, 5.41) is 7.66. The summed E-state index contributed by atoms with van der Waals surface area (Å²) < 4.78 is 0. The molecular weight excluding hydrogens is 286 g/mol. The number of thiazole rings is 1. The van der Waals surface area contributed by atoms with Gasteiger partial charge >= 0.3 is 0 Å². The van der Waals surface area contributed by atoms with E-state index in [0.29, 0.717) is 18.1 Å². The van der Waals surface area contributed by atoms with Gasteiger partial charge in [-0.1, -0.05) is 0 Å². The molecule has 4 rings (SSSR count). The lowest BCUT2D eigenvalue weighted by atomic mass is 9.98. The molecule has 4 heterocycles. The predicted molar refractivity (Wildman–Crippen MR) is 85.0 cm³/mol. The number of nitrogens with two attached hydrogens (primary N) is 1. The molecule has 5 heteroatoms. The minimum Gasteiger partial charge on any atom is -0.328 e. The quantitative estimate of drug-likeness (QED) is 0.946. The molecule has 0 amide bonds. The van der Waals surface area contributed by atoms with Crippen LogP contribution < -0.4 is 5.73 Å². The first-order chi connectivity index (χ1) is 9.79. The first-order valence-electron chi connectivity index (χ1n) is 7.28. The van der Waals surface area contributed by atoms with E-state index in [0.717, 1.165) is 24.4 Å². The van der Waals surface area contributed by atoms with Crippen LogP contribution in [0.3, 0.4) is 0 Å². The first kappa shape index (κ1) is 13.0. The Morgan fingerprint density at radius 3 is 2.75 bits per heavy atom. The van der Waals surface area contributed by atoms with Crippen LogP contribution in [0.5, 0.6) is 0 Å². The van der Waals surface area contributed by atoms with Crippen molar-refractivity contribution in [1.82, 2.24) is 9.88 Å². The van der Waals surface area contributed by atoms with Crippen LogP contribution in [0, 0.1) is 0 Å². The summed E-state index contributed by atoms with van der Waals surface area (Å²) >= 11 is 3.50. The van der Waals surface area contributed by atoms with Gasteiger partial charge in [0.2, 0.25) is 0 Å². The van der Waals surface area contributed by atoms with E-state index in [1.54, 1.807) is 22.7 Å². The molecule has 0 aliphatic carbocycles. The van der Waals surface area contributed by atoms with Crippen molar-refractivity contribution in [2.24, 2.45) is 5.73 Å². The number of rotatable bonds is 3. The molecule has 2 saturated heterocycles. The van der Waals surface area contributed by atoms with E-state index in [1.807, 2.05) is 0 Å². The second-order valence-electron chi connectivity index (χ2n) is 5.94. The summed E-state index contributed by atoms with van der Waals surface area (Å²) in [6, 6.07) is 3.95. The summed E-state index contributed by atoms with van der Waals surface area (Å²) in [5.74, 6) is 0. The van der Waals surface area contributed by atoms with E-state index >= 15 is 0 Å². The fourth-order valence-electron chi connectivity index (χ4n) is 3.66. The molecule has 20 heavy (non-hydrogen) atoms. The smallest absolute Gasteiger partial charge is 0.124 e. The van der Waals surface area contributed by atoms with Crippen molar-refractivity contribution in [3.8, 4) is 10.6 Å². The van der Waals surface area contributed by atoms with Crippen molar-refractivity contribution < 1.29 is 0 Å². The molecule has 2 bridgehead atoms. The number of hydrogen-bond acceptors (Lipinski definition) is 5. The van der Waals surface area contributed by atoms with Crippen LogP contribution in [-0.2, 0) is 6.54 Å². The summed E-state index contributed by atoms with van der Waals surface area (Å²) in [4.78, 5) is 7.46. The SMILES string of the molecule is NC1CC2CCC(C1)N2Cc1csc(-c2ccsc2)n1. The van der Waals surface area contributed by atoms with E-state index in [4.69, 9.17) is 10.7 Å². The number of nitrogens with zero attached hydrogens (tertiary/aromatic N) is 2. The molecule has 0 aromatic carbocycles. The molecule has 2 aliphatic heterocycles. The highest BCUT2D eigenvalue weighted by molar-refractivity contribution is 7.14. The number of fused-ring (bicyclic) bond motifs is 2. The zero-order valence-electron chi connectivity index (χ0n) is 11.4. The Hall–Kier alpha value is -0.750. The maximum atomic E-state index is 6.14. The van der Waals surface area contributed by atoms with Gasteiger partial charge in [-0.25, -0.2) is 4.98 Å². The van der Waals surface area contributed by atoms with Crippen LogP contribution in [0.4, 0.5) is 0 Å². The normalized spacial score (nSPS) is 29.9. The van der Waals surface area contributed by atoms with Crippen LogP contribution in [0.2, 0.25) is 0 Å². The Morgan fingerprint density at radius 2 is 2.05 bits per heavy atom. The number of hydrogen-bond donors (Lipinski definition) is 1. The average Bonchev–Trinajstić information content (AvgIpc) is 3.12. The lowest BCUT2D eigenvalue weighted by Gasteiger charge is -2.37. The number of thiophene rings is 1. The standard InChI is InChI=1S/C15H19N3S2/c16-11-5-13-1-2-14(6-11)18(13)7-12-9-20-15(17-12)10-3-4-19-8-10/h3-4,8-9,11,13-14H,1-2,5-7,16H2. The molecule has 0 radical (unpaired) electrons. The Kier molecular flexibility index (Phi) is 3.38. The van der Waals surface area contributed by atoms with Gasteiger partial charge in [0.25, 0.3) is 0 Å². The fourth-order valence-corrected chi connectivity index (χ4v) is 5.18. The zero-order valence-corrected chi connectivity index (χ0v) is 13.0. The van der Waals surface area contributed by atoms with Gasteiger partial charge in [-0.2, -0.15) is 11.3 Å². The summed E-state index contributed by atoms with van der Waals surface area (Å²) in [5.41, 5.74) is 8.63. The third-order valence-electron chi connectivity index (χ3n) is 4.59. The lowest BCUT2D eigenvalue weighted by molar-refractivity contribution is 0.118. The van der Waals surface area contributed by atoms with Crippen molar-refractivity contribution in [3.63, 3.8) is 0 Å². The van der Waals surface area contributed by atoms with E-state index in [9.17, 15) is 0 Å². The van der Waals surface area contributed by atoms with E-state index in [1.165, 1.54) is 24.1 Å². The average molecular weight is 305 g/mol. The summed E-state index contributed by atoms with van der Waals surface area (Å²) in [7, 11) is 0. The van der Waals surface area contributed by atoms with Crippen molar-refractivity contribution in [3.05, 3.63) is 27.9 Å². The maximum Gasteiger partial charge on any atom is 0.124 e. The topological polar surface area (TPSA) is 42.1 Å². The third kappa shape index (κ3) is 2.33. The molecule has 0 saturated carbocycles. The second kappa shape index (κ2) is 5.22. The van der Waals surface area contributed by atoms with Gasteiger partial charge in [0.15, 0.2) is 0 Å². The third-order valence-corrected chi connectivity index (χ3v) is 6.21. The first-order valence-corrected chi connectivity index (χ1v) is 9.10. The molecule has 2 N–H and O–H groups in total. The summed E-state index contributed by atoms with van der Waals surface area (Å²) in [6.45, 7) is 1.00. The van der Waals surface area contributed by atoms with Gasteiger partial charge in [-0.05, 0) is 37.1 Å². The largest absolute Gasteiger partial charge is 0.328 e. The van der Waals surface area contributed by atoms with Gasteiger partial charge in [0, 0.05) is 41.0 Å². The lowest BCUT2D eigenvalue weighted by Crippen LogP contribution is -2.46. The Labute approximate surface area is 127 Å². The van der Waals surface area contributed by atoms with Crippen molar-refractivity contribution >= 4 is 22.7 Å². The van der Waals surface area contributed by atoms with E-state index in [-0.39, 0.29) is 0 Å². The molecule has 0 spiro atoms. The van der Waals surface area contributed by atoms with Gasteiger partial charge in [0.05, 0.1) is 5.69 Å². The zero-order chi connectivity index (χ0) is 13.5. The molecule has 2 unspecified atom stereocenters. The van der Waals surface area contributed by atoms with Crippen LogP contribution >= 0.6 is 22.7 Å².